The fourth-order valence-corrected chi connectivity index (χ4v) is 3.46. The van der Waals surface area contributed by atoms with Gasteiger partial charge < -0.3 is 19.7 Å². The van der Waals surface area contributed by atoms with Crippen LogP contribution in [0.15, 0.2) is 24.3 Å². The zero-order valence-electron chi connectivity index (χ0n) is 12.1. The van der Waals surface area contributed by atoms with Gasteiger partial charge >= 0.3 is 0 Å². The Hall–Kier alpha value is -1.40. The van der Waals surface area contributed by atoms with Gasteiger partial charge in [-0.15, -0.1) is 0 Å². The standard InChI is InChI=1S/C15H20N2O3S/c1-17(15(18)12-10-21-7-6-16-12)8-11-9-19-13-4-2-3-5-14(13)20-11/h2-5,11-12,16H,6-10H2,1H3. The van der Waals surface area contributed by atoms with Gasteiger partial charge in [-0.05, 0) is 12.1 Å². The van der Waals surface area contributed by atoms with Gasteiger partial charge in [0.05, 0.1) is 12.6 Å². The van der Waals surface area contributed by atoms with E-state index in [1.165, 1.54) is 0 Å². The minimum Gasteiger partial charge on any atom is -0.486 e. The largest absolute Gasteiger partial charge is 0.486 e. The number of para-hydroxylation sites is 2. The molecule has 2 aliphatic heterocycles. The molecule has 114 valence electrons. The van der Waals surface area contributed by atoms with Crippen molar-refractivity contribution in [3.8, 4) is 11.5 Å². The zero-order valence-corrected chi connectivity index (χ0v) is 12.9. The van der Waals surface area contributed by atoms with E-state index >= 15 is 0 Å². The fourth-order valence-electron chi connectivity index (χ4n) is 2.54. The van der Waals surface area contributed by atoms with E-state index < -0.39 is 0 Å². The predicted molar refractivity (Wildman–Crippen MR) is 83.1 cm³/mol. The SMILES string of the molecule is CN(CC1COc2ccccc2O1)C(=O)C1CSCCN1. The maximum absolute atomic E-state index is 12.4. The van der Waals surface area contributed by atoms with Gasteiger partial charge in [-0.1, -0.05) is 12.1 Å². The molecule has 5 nitrogen and oxygen atoms in total. The number of ether oxygens (including phenoxy) is 2. The highest BCUT2D eigenvalue weighted by atomic mass is 32.2. The van der Waals surface area contributed by atoms with Crippen LogP contribution in [0.3, 0.4) is 0 Å². The van der Waals surface area contributed by atoms with Crippen molar-refractivity contribution in [3.63, 3.8) is 0 Å². The highest BCUT2D eigenvalue weighted by molar-refractivity contribution is 7.99. The maximum atomic E-state index is 12.4. The van der Waals surface area contributed by atoms with Crippen LogP contribution in [0.5, 0.6) is 11.5 Å². The number of hydrogen-bond donors (Lipinski definition) is 1. The van der Waals surface area contributed by atoms with E-state index in [1.54, 1.807) is 4.90 Å². The Morgan fingerprint density at radius 3 is 3.00 bits per heavy atom. The van der Waals surface area contributed by atoms with E-state index in [1.807, 2.05) is 43.1 Å². The highest BCUT2D eigenvalue weighted by Crippen LogP contribution is 2.30. The summed E-state index contributed by atoms with van der Waals surface area (Å²) < 4.78 is 11.6. The molecule has 1 fully saturated rings. The van der Waals surface area contributed by atoms with E-state index in [2.05, 4.69) is 5.32 Å². The van der Waals surface area contributed by atoms with Crippen LogP contribution in [0, 0.1) is 0 Å². The molecule has 1 amide bonds. The number of amides is 1. The molecular formula is C15H20N2O3S. The van der Waals surface area contributed by atoms with Crippen LogP contribution in [-0.2, 0) is 4.79 Å². The molecule has 1 aromatic carbocycles. The lowest BCUT2D eigenvalue weighted by Gasteiger charge is -2.32. The molecule has 2 aliphatic rings. The average molecular weight is 308 g/mol. The van der Waals surface area contributed by atoms with Crippen molar-refractivity contribution in [2.75, 3.05) is 38.2 Å². The Morgan fingerprint density at radius 2 is 2.24 bits per heavy atom. The van der Waals surface area contributed by atoms with Crippen LogP contribution in [0.4, 0.5) is 0 Å². The number of hydrogen-bond acceptors (Lipinski definition) is 5. The van der Waals surface area contributed by atoms with Crippen LogP contribution in [0.25, 0.3) is 0 Å². The molecule has 0 bridgehead atoms. The maximum Gasteiger partial charge on any atom is 0.240 e. The molecule has 1 aromatic rings. The Morgan fingerprint density at radius 1 is 1.43 bits per heavy atom. The Balaban J connectivity index is 1.56. The van der Waals surface area contributed by atoms with Crippen molar-refractivity contribution >= 4 is 17.7 Å². The topological polar surface area (TPSA) is 50.8 Å². The van der Waals surface area contributed by atoms with Crippen molar-refractivity contribution in [2.24, 2.45) is 0 Å². The van der Waals surface area contributed by atoms with Gasteiger partial charge in [0.25, 0.3) is 0 Å². The molecular weight excluding hydrogens is 288 g/mol. The molecule has 21 heavy (non-hydrogen) atoms. The van der Waals surface area contributed by atoms with Crippen LogP contribution in [-0.4, -0.2) is 61.2 Å². The molecule has 2 heterocycles. The summed E-state index contributed by atoms with van der Waals surface area (Å²) in [5, 5.41) is 3.27. The summed E-state index contributed by atoms with van der Waals surface area (Å²) in [5.74, 6) is 3.57. The number of thioether (sulfide) groups is 1. The van der Waals surface area contributed by atoms with E-state index in [0.29, 0.717) is 13.2 Å². The third-order valence-electron chi connectivity index (χ3n) is 3.64. The number of carbonyl (C=O) groups is 1. The van der Waals surface area contributed by atoms with Crippen molar-refractivity contribution in [1.82, 2.24) is 10.2 Å². The Labute approximate surface area is 129 Å². The van der Waals surface area contributed by atoms with E-state index in [4.69, 9.17) is 9.47 Å². The summed E-state index contributed by atoms with van der Waals surface area (Å²) in [6.07, 6.45) is -0.120. The van der Waals surface area contributed by atoms with Crippen molar-refractivity contribution < 1.29 is 14.3 Å². The predicted octanol–water partition coefficient (Wildman–Crippen LogP) is 0.990. The minimum absolute atomic E-state index is 0.0782. The summed E-state index contributed by atoms with van der Waals surface area (Å²) in [4.78, 5) is 14.1. The molecule has 3 rings (SSSR count). The van der Waals surface area contributed by atoms with Crippen molar-refractivity contribution in [1.29, 1.82) is 0 Å². The van der Waals surface area contributed by atoms with Crippen LogP contribution >= 0.6 is 11.8 Å². The Bertz CT molecular complexity index is 505. The highest BCUT2D eigenvalue weighted by Gasteiger charge is 2.28. The minimum atomic E-state index is -0.120. The van der Waals surface area contributed by atoms with Crippen LogP contribution in [0.1, 0.15) is 0 Å². The second-order valence-electron chi connectivity index (χ2n) is 5.30. The number of benzene rings is 1. The number of likely N-dealkylation sites (N-methyl/N-ethyl adjacent to an activating group) is 1. The summed E-state index contributed by atoms with van der Waals surface area (Å²) in [5.41, 5.74) is 0. The molecule has 2 atom stereocenters. The molecule has 6 heteroatoms. The molecule has 0 spiro atoms. The Kier molecular flexibility index (Phi) is 4.55. The van der Waals surface area contributed by atoms with Gasteiger partial charge in [-0.25, -0.2) is 0 Å². The second-order valence-corrected chi connectivity index (χ2v) is 6.45. The number of fused-ring (bicyclic) bond motifs is 1. The van der Waals surface area contributed by atoms with Crippen LogP contribution < -0.4 is 14.8 Å². The number of nitrogens with one attached hydrogen (secondary N) is 1. The monoisotopic (exact) mass is 308 g/mol. The molecule has 0 saturated carbocycles. The first-order valence-corrected chi connectivity index (χ1v) is 8.34. The van der Waals surface area contributed by atoms with E-state index in [0.717, 1.165) is 29.5 Å². The van der Waals surface area contributed by atoms with E-state index in [-0.39, 0.29) is 18.1 Å². The average Bonchev–Trinajstić information content (AvgIpc) is 2.55. The molecule has 1 N–H and O–H groups in total. The lowest BCUT2D eigenvalue weighted by molar-refractivity contribution is -0.133. The summed E-state index contributed by atoms with van der Waals surface area (Å²) in [6, 6.07) is 7.55. The molecule has 0 aliphatic carbocycles. The van der Waals surface area contributed by atoms with Gasteiger partial charge in [-0.2, -0.15) is 11.8 Å². The third-order valence-corrected chi connectivity index (χ3v) is 4.70. The lowest BCUT2D eigenvalue weighted by Crippen LogP contribution is -2.52. The number of carbonyl (C=O) groups excluding carboxylic acids is 1. The van der Waals surface area contributed by atoms with Gasteiger partial charge in [0.15, 0.2) is 17.6 Å². The molecule has 2 unspecified atom stereocenters. The number of nitrogens with zero attached hydrogens (tertiary/aromatic N) is 1. The first-order valence-electron chi connectivity index (χ1n) is 7.18. The molecule has 0 aromatic heterocycles. The van der Waals surface area contributed by atoms with Crippen LogP contribution in [0.2, 0.25) is 0 Å². The number of rotatable bonds is 3. The smallest absolute Gasteiger partial charge is 0.240 e. The van der Waals surface area contributed by atoms with E-state index in [9.17, 15) is 4.79 Å². The van der Waals surface area contributed by atoms with Gasteiger partial charge in [0.1, 0.15) is 6.61 Å². The van der Waals surface area contributed by atoms with Gasteiger partial charge in [-0.3, -0.25) is 4.79 Å². The fraction of sp³-hybridized carbons (Fsp3) is 0.533. The van der Waals surface area contributed by atoms with Gasteiger partial charge in [0.2, 0.25) is 5.91 Å². The second kappa shape index (κ2) is 6.58. The lowest BCUT2D eigenvalue weighted by atomic mass is 10.2. The normalized spacial score (nSPS) is 24.4. The quantitative estimate of drug-likeness (QED) is 0.902. The first kappa shape index (κ1) is 14.5. The summed E-state index contributed by atoms with van der Waals surface area (Å²) in [7, 11) is 1.83. The zero-order chi connectivity index (χ0) is 14.7. The third kappa shape index (κ3) is 3.44. The summed E-state index contributed by atoms with van der Waals surface area (Å²) >= 11 is 1.82. The summed E-state index contributed by atoms with van der Waals surface area (Å²) in [6.45, 7) is 1.91. The van der Waals surface area contributed by atoms with Gasteiger partial charge in [0, 0.05) is 25.1 Å². The van der Waals surface area contributed by atoms with Crippen molar-refractivity contribution in [3.05, 3.63) is 24.3 Å². The van der Waals surface area contributed by atoms with Crippen molar-refractivity contribution in [2.45, 2.75) is 12.1 Å². The first-order chi connectivity index (χ1) is 10.2. The molecule has 1 saturated heterocycles. The molecule has 0 radical (unpaired) electrons.